The maximum atomic E-state index is 11.8. The quantitative estimate of drug-likeness (QED) is 0.707. The van der Waals surface area contributed by atoms with Crippen LogP contribution in [0.5, 0.6) is 0 Å². The fourth-order valence-corrected chi connectivity index (χ4v) is 8.29. The van der Waals surface area contributed by atoms with Gasteiger partial charge in [0.2, 0.25) is 0 Å². The summed E-state index contributed by atoms with van der Waals surface area (Å²) in [5.41, 5.74) is 0. The van der Waals surface area contributed by atoms with Gasteiger partial charge in [0.15, 0.2) is 0 Å². The first kappa shape index (κ1) is 15.8. The second-order valence-corrected chi connectivity index (χ2v) is 15.2. The van der Waals surface area contributed by atoms with Crippen LogP contribution in [0.4, 0.5) is 0 Å². The van der Waals surface area contributed by atoms with Crippen LogP contribution in [0.2, 0.25) is 8.87 Å². The Morgan fingerprint density at radius 1 is 0.833 bits per heavy atom. The molecular weight excluding hydrogens is 339 g/mol. The molecule has 0 aromatic heterocycles. The predicted octanol–water partition coefficient (Wildman–Crippen LogP) is 3.30. The average molecular weight is 363 g/mol. The van der Waals surface area contributed by atoms with Gasteiger partial charge in [0.25, 0.3) is 0 Å². The molecule has 4 nitrogen and oxygen atoms in total. The van der Waals surface area contributed by atoms with Crippen LogP contribution in [0, 0.1) is 0 Å². The van der Waals surface area contributed by atoms with Gasteiger partial charge in [0, 0.05) is 0 Å². The van der Waals surface area contributed by atoms with E-state index in [4.69, 9.17) is 6.15 Å². The van der Waals surface area contributed by atoms with Crippen molar-refractivity contribution in [1.29, 1.82) is 0 Å². The van der Waals surface area contributed by atoms with E-state index in [1.54, 1.807) is 0 Å². The minimum atomic E-state index is -3.44. The van der Waals surface area contributed by atoms with E-state index in [2.05, 4.69) is 0 Å². The number of carbonyl (C=O) groups excluding carboxylic acids is 2. The van der Waals surface area contributed by atoms with E-state index in [-0.39, 0.29) is 11.9 Å². The molecule has 104 valence electrons. The van der Waals surface area contributed by atoms with Crippen LogP contribution < -0.4 is 0 Å². The monoisotopic (exact) mass is 364 g/mol. The molecule has 0 saturated carbocycles. The molecule has 0 aromatic rings. The Balaban J connectivity index is 2.71. The molecule has 1 aliphatic heterocycles. The van der Waals surface area contributed by atoms with E-state index in [1.807, 2.05) is 13.8 Å². The molecule has 0 radical (unpaired) electrons. The van der Waals surface area contributed by atoms with Crippen LogP contribution in [0.15, 0.2) is 0 Å². The summed E-state index contributed by atoms with van der Waals surface area (Å²) in [4.78, 5) is 23.6. The molecule has 0 amide bonds. The summed E-state index contributed by atoms with van der Waals surface area (Å²) in [7, 11) is 0. The summed E-state index contributed by atoms with van der Waals surface area (Å²) in [5, 5.41) is 0. The molecule has 1 heterocycles. The summed E-state index contributed by atoms with van der Waals surface area (Å²) in [6, 6.07) is 0. The predicted molar refractivity (Wildman–Crippen MR) is 71.2 cm³/mol. The third kappa shape index (κ3) is 5.16. The summed E-state index contributed by atoms with van der Waals surface area (Å²) < 4.78 is 12.6. The van der Waals surface area contributed by atoms with E-state index in [0.717, 1.165) is 32.1 Å². The van der Waals surface area contributed by atoms with Crippen molar-refractivity contribution in [3.8, 4) is 0 Å². The van der Waals surface area contributed by atoms with Gasteiger partial charge >= 0.3 is 115 Å². The Labute approximate surface area is 114 Å². The van der Waals surface area contributed by atoms with Crippen LogP contribution in [0.25, 0.3) is 0 Å². The SMILES string of the molecule is C[CH2][Sn]1([CH2]C)[O]C(=O)CCCCCCCC(=O)[O]1. The number of hydrogen-bond acceptors (Lipinski definition) is 4. The summed E-state index contributed by atoms with van der Waals surface area (Å²) >= 11 is -3.44. The summed E-state index contributed by atoms with van der Waals surface area (Å²) in [6.45, 7) is 3.93. The Kier molecular flexibility index (Phi) is 7.04. The minimum absolute atomic E-state index is 0.164. The average Bonchev–Trinajstić information content (AvgIpc) is 2.35. The number of carbonyl (C=O) groups is 2. The van der Waals surface area contributed by atoms with Crippen LogP contribution in [-0.2, 0) is 15.7 Å². The van der Waals surface area contributed by atoms with Crippen molar-refractivity contribution in [1.82, 2.24) is 0 Å². The molecule has 0 atom stereocenters. The van der Waals surface area contributed by atoms with E-state index >= 15 is 0 Å². The van der Waals surface area contributed by atoms with Crippen LogP contribution in [-0.4, -0.2) is 31.1 Å². The van der Waals surface area contributed by atoms with Crippen molar-refractivity contribution in [2.45, 2.75) is 67.7 Å². The zero-order chi connectivity index (χ0) is 13.4. The van der Waals surface area contributed by atoms with Crippen molar-refractivity contribution in [3.63, 3.8) is 0 Å². The van der Waals surface area contributed by atoms with Crippen LogP contribution in [0.1, 0.15) is 58.8 Å². The Hall–Kier alpha value is -0.261. The molecule has 18 heavy (non-hydrogen) atoms. The van der Waals surface area contributed by atoms with Gasteiger partial charge in [-0.05, 0) is 0 Å². The Morgan fingerprint density at radius 2 is 1.22 bits per heavy atom. The third-order valence-electron chi connectivity index (χ3n) is 3.44. The third-order valence-corrected chi connectivity index (χ3v) is 13.0. The standard InChI is InChI=1S/C9H16O4.2C2H5.Sn/c10-8(11)6-4-2-1-3-5-7-9(12)13;2*1-2;/h1-7H2,(H,10,11)(H,12,13);2*1H2,2H3;/q;;;+2/p-2. The fraction of sp³-hybridized carbons (Fsp3) is 0.846. The van der Waals surface area contributed by atoms with Crippen LogP contribution in [0.3, 0.4) is 0 Å². The van der Waals surface area contributed by atoms with Crippen LogP contribution >= 0.6 is 0 Å². The van der Waals surface area contributed by atoms with Gasteiger partial charge in [-0.2, -0.15) is 0 Å². The fourth-order valence-electron chi connectivity index (χ4n) is 2.15. The second-order valence-electron chi connectivity index (χ2n) is 4.83. The molecule has 0 aromatic carbocycles. The van der Waals surface area contributed by atoms with Gasteiger partial charge in [-0.1, -0.05) is 0 Å². The van der Waals surface area contributed by atoms with E-state index in [9.17, 15) is 9.59 Å². The molecule has 1 rings (SSSR count). The molecule has 0 aliphatic carbocycles. The van der Waals surface area contributed by atoms with Crippen molar-refractivity contribution < 1.29 is 15.7 Å². The first-order chi connectivity index (χ1) is 8.62. The van der Waals surface area contributed by atoms with Crippen molar-refractivity contribution in [2.24, 2.45) is 0 Å². The summed E-state index contributed by atoms with van der Waals surface area (Å²) in [5.74, 6) is -0.328. The molecule has 1 aliphatic rings. The van der Waals surface area contributed by atoms with Crippen molar-refractivity contribution in [3.05, 3.63) is 0 Å². The first-order valence-corrected chi connectivity index (χ1v) is 13.4. The van der Waals surface area contributed by atoms with Crippen molar-refractivity contribution >= 4 is 31.1 Å². The molecule has 0 N–H and O–H groups in total. The molecule has 1 fully saturated rings. The molecule has 0 unspecified atom stereocenters. The Bertz CT molecular complexity index is 263. The molecule has 5 heteroatoms. The molecule has 0 bridgehead atoms. The van der Waals surface area contributed by atoms with Gasteiger partial charge < -0.3 is 0 Å². The van der Waals surface area contributed by atoms with Gasteiger partial charge in [0.1, 0.15) is 0 Å². The molecular formula is C13H24O4Sn. The second kappa shape index (κ2) is 8.02. The zero-order valence-corrected chi connectivity index (χ0v) is 14.4. The Morgan fingerprint density at radius 3 is 1.61 bits per heavy atom. The molecule has 1 saturated heterocycles. The maximum absolute atomic E-state index is 11.8. The van der Waals surface area contributed by atoms with Gasteiger partial charge in [0.05, 0.1) is 0 Å². The topological polar surface area (TPSA) is 52.6 Å². The van der Waals surface area contributed by atoms with E-state index in [0.29, 0.717) is 21.7 Å². The first-order valence-electron chi connectivity index (χ1n) is 7.05. The van der Waals surface area contributed by atoms with Gasteiger partial charge in [-0.3, -0.25) is 0 Å². The zero-order valence-electron chi connectivity index (χ0n) is 11.5. The van der Waals surface area contributed by atoms with E-state index < -0.39 is 19.2 Å². The number of rotatable bonds is 2. The van der Waals surface area contributed by atoms with Gasteiger partial charge in [-0.25, -0.2) is 0 Å². The van der Waals surface area contributed by atoms with Crippen molar-refractivity contribution in [2.75, 3.05) is 0 Å². The molecule has 0 spiro atoms. The van der Waals surface area contributed by atoms with Gasteiger partial charge in [-0.15, -0.1) is 0 Å². The number of hydrogen-bond donors (Lipinski definition) is 0. The van der Waals surface area contributed by atoms with E-state index in [1.165, 1.54) is 0 Å². The normalized spacial score (nSPS) is 22.3. The summed E-state index contributed by atoms with van der Waals surface area (Å²) in [6.07, 6.45) is 5.89.